The van der Waals surface area contributed by atoms with E-state index < -0.39 is 0 Å². The molecule has 1 aromatic carbocycles. The molecule has 0 amide bonds. The van der Waals surface area contributed by atoms with Gasteiger partial charge in [0.1, 0.15) is 19.0 Å². The Hall–Kier alpha value is -1.58. The molecule has 0 saturated heterocycles. The number of anilines is 1. The number of nitrogen functional groups attached to an aromatic ring is 1. The first kappa shape index (κ1) is 8.99. The molecular formula is C10H13NO3. The first-order valence-electron chi connectivity index (χ1n) is 4.63. The molecule has 0 fully saturated rings. The molecule has 1 aromatic rings. The molecule has 0 aromatic heterocycles. The van der Waals surface area contributed by atoms with Crippen molar-refractivity contribution in [2.24, 2.45) is 0 Å². The highest BCUT2D eigenvalue weighted by Crippen LogP contribution is 2.38. The quantitative estimate of drug-likeness (QED) is 0.725. The van der Waals surface area contributed by atoms with Gasteiger partial charge < -0.3 is 19.9 Å². The Balaban J connectivity index is 2.35. The van der Waals surface area contributed by atoms with E-state index in [2.05, 4.69) is 0 Å². The Morgan fingerprint density at radius 3 is 2.57 bits per heavy atom. The van der Waals surface area contributed by atoms with E-state index in [1.165, 1.54) is 0 Å². The van der Waals surface area contributed by atoms with Gasteiger partial charge >= 0.3 is 0 Å². The number of hydrogen-bond acceptors (Lipinski definition) is 4. The van der Waals surface area contributed by atoms with Crippen molar-refractivity contribution < 1.29 is 14.2 Å². The average Bonchev–Trinajstić information content (AvgIpc) is 2.19. The predicted octanol–water partition coefficient (Wildman–Crippen LogP) is 1.44. The van der Waals surface area contributed by atoms with E-state index in [1.54, 1.807) is 12.1 Å². The van der Waals surface area contributed by atoms with Crippen molar-refractivity contribution in [1.82, 2.24) is 0 Å². The molecule has 14 heavy (non-hydrogen) atoms. The second-order valence-electron chi connectivity index (χ2n) is 2.97. The van der Waals surface area contributed by atoms with Crippen LogP contribution in [0.25, 0.3) is 0 Å². The monoisotopic (exact) mass is 195 g/mol. The van der Waals surface area contributed by atoms with Gasteiger partial charge in [0.25, 0.3) is 0 Å². The predicted molar refractivity (Wildman–Crippen MR) is 53.0 cm³/mol. The van der Waals surface area contributed by atoms with Gasteiger partial charge in [0.2, 0.25) is 0 Å². The molecule has 0 aliphatic carbocycles. The highest BCUT2D eigenvalue weighted by Gasteiger charge is 2.14. The first-order valence-corrected chi connectivity index (χ1v) is 4.63. The maximum Gasteiger partial charge on any atom is 0.165 e. The highest BCUT2D eigenvalue weighted by molar-refractivity contribution is 5.62. The summed E-state index contributed by atoms with van der Waals surface area (Å²) in [5.74, 6) is 2.04. The zero-order chi connectivity index (χ0) is 9.97. The number of benzene rings is 1. The van der Waals surface area contributed by atoms with E-state index in [1.807, 2.05) is 6.92 Å². The van der Waals surface area contributed by atoms with E-state index in [-0.39, 0.29) is 0 Å². The van der Waals surface area contributed by atoms with Crippen LogP contribution in [-0.4, -0.2) is 19.8 Å². The number of fused-ring (bicyclic) bond motifs is 1. The van der Waals surface area contributed by atoms with Crippen LogP contribution in [0.15, 0.2) is 12.1 Å². The highest BCUT2D eigenvalue weighted by atomic mass is 16.6. The van der Waals surface area contributed by atoms with Crippen LogP contribution in [0.4, 0.5) is 5.69 Å². The Morgan fingerprint density at radius 2 is 1.93 bits per heavy atom. The second kappa shape index (κ2) is 3.65. The Kier molecular flexibility index (Phi) is 2.35. The lowest BCUT2D eigenvalue weighted by Gasteiger charge is -2.19. The molecule has 2 rings (SSSR count). The van der Waals surface area contributed by atoms with E-state index in [0.717, 1.165) is 0 Å². The maximum atomic E-state index is 5.77. The standard InChI is InChI=1S/C10H13NO3/c1-2-12-8-6-10-9(5-7(8)11)13-3-4-14-10/h5-6H,2-4,11H2,1H3. The summed E-state index contributed by atoms with van der Waals surface area (Å²) in [6.45, 7) is 3.64. The third kappa shape index (κ3) is 1.55. The summed E-state index contributed by atoms with van der Waals surface area (Å²) in [5.41, 5.74) is 6.35. The Labute approximate surface area is 82.6 Å². The SMILES string of the molecule is CCOc1cc2c(cc1N)OCCO2. The molecule has 4 nitrogen and oxygen atoms in total. The lowest BCUT2D eigenvalue weighted by molar-refractivity contribution is 0.170. The fourth-order valence-electron chi connectivity index (χ4n) is 1.37. The van der Waals surface area contributed by atoms with Crippen molar-refractivity contribution in [3.05, 3.63) is 12.1 Å². The normalized spacial score (nSPS) is 13.8. The summed E-state index contributed by atoms with van der Waals surface area (Å²) in [6.07, 6.45) is 0. The van der Waals surface area contributed by atoms with Crippen molar-refractivity contribution in [1.29, 1.82) is 0 Å². The molecule has 0 unspecified atom stereocenters. The van der Waals surface area contributed by atoms with Crippen molar-refractivity contribution in [2.75, 3.05) is 25.6 Å². The van der Waals surface area contributed by atoms with Crippen molar-refractivity contribution in [3.63, 3.8) is 0 Å². The summed E-state index contributed by atoms with van der Waals surface area (Å²) in [7, 11) is 0. The van der Waals surface area contributed by atoms with Gasteiger partial charge in [-0.05, 0) is 6.92 Å². The van der Waals surface area contributed by atoms with Crippen LogP contribution >= 0.6 is 0 Å². The summed E-state index contributed by atoms with van der Waals surface area (Å²) < 4.78 is 16.1. The number of rotatable bonds is 2. The molecule has 0 bridgehead atoms. The van der Waals surface area contributed by atoms with Gasteiger partial charge in [0, 0.05) is 12.1 Å². The lowest BCUT2D eigenvalue weighted by Crippen LogP contribution is -2.15. The largest absolute Gasteiger partial charge is 0.492 e. The summed E-state index contributed by atoms with van der Waals surface area (Å²) in [6, 6.07) is 3.51. The van der Waals surface area contributed by atoms with Crippen LogP contribution < -0.4 is 19.9 Å². The molecular weight excluding hydrogens is 182 g/mol. The van der Waals surface area contributed by atoms with Gasteiger partial charge in [0.05, 0.1) is 12.3 Å². The number of ether oxygens (including phenoxy) is 3. The van der Waals surface area contributed by atoms with E-state index in [9.17, 15) is 0 Å². The molecule has 0 atom stereocenters. The Bertz CT molecular complexity index is 338. The molecule has 2 N–H and O–H groups in total. The minimum absolute atomic E-state index is 0.570. The zero-order valence-electron chi connectivity index (χ0n) is 8.08. The van der Waals surface area contributed by atoms with Crippen LogP contribution in [-0.2, 0) is 0 Å². The van der Waals surface area contributed by atoms with Gasteiger partial charge in [-0.1, -0.05) is 0 Å². The topological polar surface area (TPSA) is 53.7 Å². The van der Waals surface area contributed by atoms with Crippen molar-refractivity contribution in [2.45, 2.75) is 6.92 Å². The summed E-state index contributed by atoms with van der Waals surface area (Å²) >= 11 is 0. The van der Waals surface area contributed by atoms with Crippen LogP contribution in [0, 0.1) is 0 Å². The number of hydrogen-bond donors (Lipinski definition) is 1. The maximum absolute atomic E-state index is 5.77. The van der Waals surface area contributed by atoms with Gasteiger partial charge in [-0.15, -0.1) is 0 Å². The van der Waals surface area contributed by atoms with Gasteiger partial charge in [0.15, 0.2) is 11.5 Å². The minimum Gasteiger partial charge on any atom is -0.492 e. The van der Waals surface area contributed by atoms with Crippen molar-refractivity contribution >= 4 is 5.69 Å². The molecule has 0 spiro atoms. The lowest BCUT2D eigenvalue weighted by atomic mass is 10.2. The van der Waals surface area contributed by atoms with Crippen LogP contribution in [0.1, 0.15) is 6.92 Å². The van der Waals surface area contributed by atoms with E-state index in [0.29, 0.717) is 42.8 Å². The smallest absolute Gasteiger partial charge is 0.165 e. The summed E-state index contributed by atoms with van der Waals surface area (Å²) in [4.78, 5) is 0. The van der Waals surface area contributed by atoms with Crippen LogP contribution in [0.2, 0.25) is 0 Å². The second-order valence-corrected chi connectivity index (χ2v) is 2.97. The molecule has 1 aliphatic heterocycles. The third-order valence-electron chi connectivity index (χ3n) is 1.97. The van der Waals surface area contributed by atoms with Gasteiger partial charge in [-0.25, -0.2) is 0 Å². The molecule has 1 aliphatic rings. The van der Waals surface area contributed by atoms with Gasteiger partial charge in [-0.2, -0.15) is 0 Å². The average molecular weight is 195 g/mol. The fraction of sp³-hybridized carbons (Fsp3) is 0.400. The fourth-order valence-corrected chi connectivity index (χ4v) is 1.37. The molecule has 1 heterocycles. The zero-order valence-corrected chi connectivity index (χ0v) is 8.08. The van der Waals surface area contributed by atoms with Crippen molar-refractivity contribution in [3.8, 4) is 17.2 Å². The molecule has 76 valence electrons. The first-order chi connectivity index (χ1) is 6.81. The molecule has 0 radical (unpaired) electrons. The summed E-state index contributed by atoms with van der Waals surface area (Å²) in [5, 5.41) is 0. The van der Waals surface area contributed by atoms with Crippen LogP contribution in [0.3, 0.4) is 0 Å². The van der Waals surface area contributed by atoms with E-state index in [4.69, 9.17) is 19.9 Å². The van der Waals surface area contributed by atoms with E-state index >= 15 is 0 Å². The molecule has 0 saturated carbocycles. The minimum atomic E-state index is 0.570. The Morgan fingerprint density at radius 1 is 1.29 bits per heavy atom. The van der Waals surface area contributed by atoms with Gasteiger partial charge in [-0.3, -0.25) is 0 Å². The van der Waals surface area contributed by atoms with Crippen LogP contribution in [0.5, 0.6) is 17.2 Å². The number of nitrogens with two attached hydrogens (primary N) is 1. The molecule has 4 heteroatoms. The third-order valence-corrected chi connectivity index (χ3v) is 1.97.